The monoisotopic (exact) mass is 340 g/mol. The first-order valence-corrected chi connectivity index (χ1v) is 7.52. The van der Waals surface area contributed by atoms with Crippen molar-refractivity contribution >= 4 is 27.7 Å². The van der Waals surface area contributed by atoms with Crippen LogP contribution in [-0.4, -0.2) is 35.8 Å². The molecule has 1 N–H and O–H groups in total. The number of hydrogen-bond donors (Lipinski definition) is 1. The van der Waals surface area contributed by atoms with Gasteiger partial charge in [-0.2, -0.15) is 0 Å². The summed E-state index contributed by atoms with van der Waals surface area (Å²) >= 11 is 3.35. The van der Waals surface area contributed by atoms with E-state index in [2.05, 4.69) is 21.2 Å². The van der Waals surface area contributed by atoms with Gasteiger partial charge in [-0.1, -0.05) is 12.1 Å². The summed E-state index contributed by atoms with van der Waals surface area (Å²) in [5.74, 6) is -0.0338. The third-order valence-corrected chi connectivity index (χ3v) is 3.70. The molecule has 0 aliphatic carbocycles. The van der Waals surface area contributed by atoms with Crippen molar-refractivity contribution in [1.82, 2.24) is 10.2 Å². The summed E-state index contributed by atoms with van der Waals surface area (Å²) in [6.07, 6.45) is 0.744. The van der Waals surface area contributed by atoms with Crippen molar-refractivity contribution in [2.45, 2.75) is 33.2 Å². The zero-order valence-corrected chi connectivity index (χ0v) is 13.7. The van der Waals surface area contributed by atoms with E-state index in [1.807, 2.05) is 32.0 Å². The van der Waals surface area contributed by atoms with E-state index in [-0.39, 0.29) is 17.9 Å². The van der Waals surface area contributed by atoms with Crippen molar-refractivity contribution in [3.05, 3.63) is 34.3 Å². The Kier molecular flexibility index (Phi) is 6.71. The van der Waals surface area contributed by atoms with Crippen LogP contribution in [0.2, 0.25) is 0 Å². The Balaban J connectivity index is 2.40. The van der Waals surface area contributed by atoms with Crippen LogP contribution in [0.25, 0.3) is 0 Å². The summed E-state index contributed by atoms with van der Waals surface area (Å²) in [4.78, 5) is 25.2. The van der Waals surface area contributed by atoms with Crippen LogP contribution in [0.1, 0.15) is 37.6 Å². The van der Waals surface area contributed by atoms with Crippen LogP contribution in [0.3, 0.4) is 0 Å². The number of amides is 2. The zero-order valence-electron chi connectivity index (χ0n) is 12.1. The van der Waals surface area contributed by atoms with Gasteiger partial charge in [0.25, 0.3) is 5.91 Å². The molecule has 1 aromatic rings. The second kappa shape index (κ2) is 8.04. The fourth-order valence-corrected chi connectivity index (χ4v) is 2.44. The first-order chi connectivity index (χ1) is 9.43. The minimum atomic E-state index is -0.101. The first-order valence-electron chi connectivity index (χ1n) is 6.73. The third kappa shape index (κ3) is 4.96. The van der Waals surface area contributed by atoms with Gasteiger partial charge < -0.3 is 10.2 Å². The molecular formula is C15H21BrN2O2. The number of nitrogens with zero attached hydrogens (tertiary/aromatic N) is 1. The summed E-state index contributed by atoms with van der Waals surface area (Å²) in [5.41, 5.74) is 0.625. The van der Waals surface area contributed by atoms with E-state index < -0.39 is 0 Å². The second-order valence-electron chi connectivity index (χ2n) is 4.90. The lowest BCUT2D eigenvalue weighted by atomic mass is 10.2. The lowest BCUT2D eigenvalue weighted by Gasteiger charge is -2.25. The van der Waals surface area contributed by atoms with Gasteiger partial charge in [-0.05, 0) is 48.3 Å². The third-order valence-electron chi connectivity index (χ3n) is 3.01. The van der Waals surface area contributed by atoms with Crippen LogP contribution in [-0.2, 0) is 4.79 Å². The largest absolute Gasteiger partial charge is 0.352 e. The molecule has 0 radical (unpaired) electrons. The maximum absolute atomic E-state index is 12.0. The van der Waals surface area contributed by atoms with Gasteiger partial charge in [0.05, 0.1) is 5.56 Å². The molecule has 2 amide bonds. The highest BCUT2D eigenvalue weighted by atomic mass is 79.9. The number of carbonyl (C=O) groups is 2. The molecule has 4 nitrogen and oxygen atoms in total. The van der Waals surface area contributed by atoms with Gasteiger partial charge in [-0.15, -0.1) is 0 Å². The van der Waals surface area contributed by atoms with E-state index in [4.69, 9.17) is 0 Å². The van der Waals surface area contributed by atoms with Crippen molar-refractivity contribution in [3.8, 4) is 0 Å². The van der Waals surface area contributed by atoms with Gasteiger partial charge in [0.1, 0.15) is 0 Å². The van der Waals surface area contributed by atoms with Gasteiger partial charge in [0.15, 0.2) is 0 Å². The smallest absolute Gasteiger partial charge is 0.252 e. The topological polar surface area (TPSA) is 49.4 Å². The molecule has 0 atom stereocenters. The van der Waals surface area contributed by atoms with Crippen LogP contribution >= 0.6 is 15.9 Å². The van der Waals surface area contributed by atoms with Gasteiger partial charge >= 0.3 is 0 Å². The minimum Gasteiger partial charge on any atom is -0.352 e. The quantitative estimate of drug-likeness (QED) is 0.809. The summed E-state index contributed by atoms with van der Waals surface area (Å²) in [7, 11) is 0. The van der Waals surface area contributed by atoms with Crippen LogP contribution < -0.4 is 5.32 Å². The van der Waals surface area contributed by atoms with E-state index >= 15 is 0 Å². The summed E-state index contributed by atoms with van der Waals surface area (Å²) < 4.78 is 0.782. The molecule has 110 valence electrons. The number of carbonyl (C=O) groups excluding carboxylic acids is 2. The van der Waals surface area contributed by atoms with Crippen LogP contribution in [0.4, 0.5) is 0 Å². The van der Waals surface area contributed by atoms with Gasteiger partial charge in [-0.3, -0.25) is 9.59 Å². The Morgan fingerprint density at radius 1 is 1.30 bits per heavy atom. The molecule has 0 aliphatic heterocycles. The van der Waals surface area contributed by atoms with Gasteiger partial charge in [0, 0.05) is 30.5 Å². The van der Waals surface area contributed by atoms with Crippen LogP contribution in [0.15, 0.2) is 28.7 Å². The fourth-order valence-electron chi connectivity index (χ4n) is 1.97. The van der Waals surface area contributed by atoms with Crippen LogP contribution in [0.5, 0.6) is 0 Å². The van der Waals surface area contributed by atoms with E-state index in [1.54, 1.807) is 17.9 Å². The van der Waals surface area contributed by atoms with Crippen molar-refractivity contribution < 1.29 is 9.59 Å². The normalized spacial score (nSPS) is 10.4. The molecule has 1 aromatic carbocycles. The highest BCUT2D eigenvalue weighted by Crippen LogP contribution is 2.15. The molecule has 0 fully saturated rings. The summed E-state index contributed by atoms with van der Waals surface area (Å²) in [6.45, 7) is 6.75. The number of nitrogens with one attached hydrogen (secondary N) is 1. The Morgan fingerprint density at radius 2 is 1.95 bits per heavy atom. The Bertz CT molecular complexity index is 475. The average molecular weight is 341 g/mol. The number of halogens is 1. The second-order valence-corrected chi connectivity index (χ2v) is 5.75. The summed E-state index contributed by atoms with van der Waals surface area (Å²) in [6, 6.07) is 7.50. The Morgan fingerprint density at radius 3 is 2.50 bits per heavy atom. The molecule has 0 aromatic heterocycles. The maximum atomic E-state index is 12.0. The fraction of sp³-hybridized carbons (Fsp3) is 0.467. The van der Waals surface area contributed by atoms with E-state index in [0.717, 1.165) is 10.9 Å². The molecular weight excluding hydrogens is 320 g/mol. The average Bonchev–Trinajstić information content (AvgIpc) is 2.37. The zero-order chi connectivity index (χ0) is 15.1. The van der Waals surface area contributed by atoms with E-state index in [9.17, 15) is 9.59 Å². The predicted octanol–water partition coefficient (Wildman–Crippen LogP) is 2.83. The van der Waals surface area contributed by atoms with Crippen molar-refractivity contribution in [2.24, 2.45) is 0 Å². The maximum Gasteiger partial charge on any atom is 0.252 e. The molecule has 20 heavy (non-hydrogen) atoms. The van der Waals surface area contributed by atoms with Crippen LogP contribution in [0, 0.1) is 0 Å². The Labute approximate surface area is 128 Å². The molecule has 0 heterocycles. The van der Waals surface area contributed by atoms with Crippen molar-refractivity contribution in [1.29, 1.82) is 0 Å². The summed E-state index contributed by atoms with van der Waals surface area (Å²) in [5, 5.41) is 2.87. The lowest BCUT2D eigenvalue weighted by Crippen LogP contribution is -2.37. The first kappa shape index (κ1) is 16.7. The molecule has 0 bridgehead atoms. The predicted molar refractivity (Wildman–Crippen MR) is 83.6 cm³/mol. The van der Waals surface area contributed by atoms with Crippen molar-refractivity contribution in [3.63, 3.8) is 0 Å². The highest BCUT2D eigenvalue weighted by molar-refractivity contribution is 9.10. The standard InChI is InChI=1S/C15H21BrN2O2/c1-11(2)18(12(3)19)10-6-9-17-15(20)13-7-4-5-8-14(13)16/h4-5,7-8,11H,6,9-10H2,1-3H3,(H,17,20). The molecule has 0 unspecified atom stereocenters. The molecule has 0 spiro atoms. The minimum absolute atomic E-state index is 0.0668. The Hall–Kier alpha value is -1.36. The van der Waals surface area contributed by atoms with E-state index in [1.165, 1.54) is 0 Å². The number of hydrogen-bond acceptors (Lipinski definition) is 2. The lowest BCUT2D eigenvalue weighted by molar-refractivity contribution is -0.130. The van der Waals surface area contributed by atoms with E-state index in [0.29, 0.717) is 18.7 Å². The molecule has 1 rings (SSSR count). The van der Waals surface area contributed by atoms with Gasteiger partial charge in [-0.25, -0.2) is 0 Å². The molecule has 0 saturated carbocycles. The molecule has 5 heteroatoms. The number of benzene rings is 1. The molecule has 0 saturated heterocycles. The molecule has 0 aliphatic rings. The number of rotatable bonds is 6. The van der Waals surface area contributed by atoms with Gasteiger partial charge in [0.2, 0.25) is 5.91 Å². The SMILES string of the molecule is CC(=O)N(CCCNC(=O)c1ccccc1Br)C(C)C. The van der Waals surface area contributed by atoms with Crippen molar-refractivity contribution in [2.75, 3.05) is 13.1 Å². The highest BCUT2D eigenvalue weighted by Gasteiger charge is 2.12.